The SMILES string of the molecule is CCc1ccc(NC(=O)CCC(C)C)cc1N. The van der Waals surface area contributed by atoms with Crippen LogP contribution in [-0.4, -0.2) is 5.91 Å². The second kappa shape index (κ2) is 6.28. The van der Waals surface area contributed by atoms with E-state index in [0.717, 1.165) is 29.8 Å². The maximum Gasteiger partial charge on any atom is 0.224 e. The van der Waals surface area contributed by atoms with Crippen molar-refractivity contribution in [1.82, 2.24) is 0 Å². The van der Waals surface area contributed by atoms with E-state index in [1.807, 2.05) is 18.2 Å². The van der Waals surface area contributed by atoms with Gasteiger partial charge in [-0.1, -0.05) is 26.8 Å². The summed E-state index contributed by atoms with van der Waals surface area (Å²) in [7, 11) is 0. The van der Waals surface area contributed by atoms with Crippen LogP contribution in [0.4, 0.5) is 11.4 Å². The summed E-state index contributed by atoms with van der Waals surface area (Å²) in [6.07, 6.45) is 2.38. The van der Waals surface area contributed by atoms with Crippen molar-refractivity contribution in [3.05, 3.63) is 23.8 Å². The molecule has 0 aliphatic carbocycles. The van der Waals surface area contributed by atoms with E-state index < -0.39 is 0 Å². The van der Waals surface area contributed by atoms with E-state index in [9.17, 15) is 4.79 Å². The molecule has 17 heavy (non-hydrogen) atoms. The highest BCUT2D eigenvalue weighted by Gasteiger charge is 2.05. The fourth-order valence-electron chi connectivity index (χ4n) is 1.64. The van der Waals surface area contributed by atoms with E-state index in [4.69, 9.17) is 5.73 Å². The molecule has 0 atom stereocenters. The molecule has 0 unspecified atom stereocenters. The molecule has 0 fully saturated rings. The van der Waals surface area contributed by atoms with E-state index in [0.29, 0.717) is 12.3 Å². The number of anilines is 2. The maximum absolute atomic E-state index is 11.6. The molecular formula is C14H22N2O. The molecule has 0 aliphatic rings. The van der Waals surface area contributed by atoms with Crippen molar-refractivity contribution in [3.63, 3.8) is 0 Å². The van der Waals surface area contributed by atoms with Crippen LogP contribution in [0.2, 0.25) is 0 Å². The molecule has 0 bridgehead atoms. The fraction of sp³-hybridized carbons (Fsp3) is 0.500. The van der Waals surface area contributed by atoms with E-state index in [1.54, 1.807) is 0 Å². The zero-order chi connectivity index (χ0) is 12.8. The number of hydrogen-bond acceptors (Lipinski definition) is 2. The van der Waals surface area contributed by atoms with Crippen molar-refractivity contribution in [2.24, 2.45) is 5.92 Å². The predicted octanol–water partition coefficient (Wildman–Crippen LogP) is 3.21. The first kappa shape index (κ1) is 13.6. The summed E-state index contributed by atoms with van der Waals surface area (Å²) in [5.41, 5.74) is 8.52. The van der Waals surface area contributed by atoms with Crippen LogP contribution in [0.3, 0.4) is 0 Å². The Morgan fingerprint density at radius 1 is 1.41 bits per heavy atom. The van der Waals surface area contributed by atoms with Gasteiger partial charge in [0.2, 0.25) is 5.91 Å². The maximum atomic E-state index is 11.6. The molecule has 0 saturated heterocycles. The number of hydrogen-bond donors (Lipinski definition) is 2. The summed E-state index contributed by atoms with van der Waals surface area (Å²) in [6.45, 7) is 6.29. The fourth-order valence-corrected chi connectivity index (χ4v) is 1.64. The minimum Gasteiger partial charge on any atom is -0.398 e. The highest BCUT2D eigenvalue weighted by atomic mass is 16.1. The predicted molar refractivity (Wildman–Crippen MR) is 72.9 cm³/mol. The number of carbonyl (C=O) groups excluding carboxylic acids is 1. The summed E-state index contributed by atoms with van der Waals surface area (Å²) >= 11 is 0. The van der Waals surface area contributed by atoms with Crippen LogP contribution in [0.5, 0.6) is 0 Å². The van der Waals surface area contributed by atoms with Gasteiger partial charge in [-0.3, -0.25) is 4.79 Å². The van der Waals surface area contributed by atoms with E-state index >= 15 is 0 Å². The largest absolute Gasteiger partial charge is 0.398 e. The molecule has 0 spiro atoms. The third kappa shape index (κ3) is 4.47. The Balaban J connectivity index is 2.57. The molecule has 0 saturated carbocycles. The van der Waals surface area contributed by atoms with Crippen molar-refractivity contribution in [3.8, 4) is 0 Å². The average Bonchev–Trinajstić information content (AvgIpc) is 2.26. The highest BCUT2D eigenvalue weighted by molar-refractivity contribution is 5.91. The normalized spacial score (nSPS) is 10.6. The molecule has 0 aliphatic heterocycles. The van der Waals surface area contributed by atoms with E-state index in [1.165, 1.54) is 0 Å². The van der Waals surface area contributed by atoms with Gasteiger partial charge in [-0.15, -0.1) is 0 Å². The van der Waals surface area contributed by atoms with Crippen LogP contribution < -0.4 is 11.1 Å². The number of carbonyl (C=O) groups is 1. The van der Waals surface area contributed by atoms with Gasteiger partial charge in [-0.25, -0.2) is 0 Å². The minimum absolute atomic E-state index is 0.0577. The van der Waals surface area contributed by atoms with E-state index in [-0.39, 0.29) is 5.91 Å². The van der Waals surface area contributed by atoms with E-state index in [2.05, 4.69) is 26.1 Å². The van der Waals surface area contributed by atoms with Crippen molar-refractivity contribution >= 4 is 17.3 Å². The van der Waals surface area contributed by atoms with Crippen molar-refractivity contribution in [2.45, 2.75) is 40.0 Å². The third-order valence-corrected chi connectivity index (χ3v) is 2.76. The quantitative estimate of drug-likeness (QED) is 0.769. The summed E-state index contributed by atoms with van der Waals surface area (Å²) in [5, 5.41) is 2.87. The summed E-state index contributed by atoms with van der Waals surface area (Å²) in [4.78, 5) is 11.6. The third-order valence-electron chi connectivity index (χ3n) is 2.76. The number of rotatable bonds is 5. The van der Waals surface area contributed by atoms with Gasteiger partial charge in [-0.2, -0.15) is 0 Å². The Hall–Kier alpha value is -1.51. The molecule has 1 rings (SSSR count). The molecule has 0 heterocycles. The van der Waals surface area contributed by atoms with Gasteiger partial charge in [0.25, 0.3) is 0 Å². The molecule has 1 aromatic carbocycles. The number of amides is 1. The van der Waals surface area contributed by atoms with Crippen molar-refractivity contribution < 1.29 is 4.79 Å². The number of aryl methyl sites for hydroxylation is 1. The van der Waals surface area contributed by atoms with Gasteiger partial charge in [0.05, 0.1) is 0 Å². The Kier molecular flexibility index (Phi) is 5.01. The van der Waals surface area contributed by atoms with Crippen LogP contribution in [0.1, 0.15) is 39.2 Å². The van der Waals surface area contributed by atoms with Crippen LogP contribution in [0, 0.1) is 5.92 Å². The number of nitrogens with two attached hydrogens (primary N) is 1. The summed E-state index contributed by atoms with van der Waals surface area (Å²) in [5.74, 6) is 0.607. The van der Waals surface area contributed by atoms with Gasteiger partial charge in [-0.05, 0) is 36.5 Å². The van der Waals surface area contributed by atoms with Crippen molar-refractivity contribution in [2.75, 3.05) is 11.1 Å². The molecule has 0 radical (unpaired) electrons. The second-order valence-electron chi connectivity index (χ2n) is 4.75. The standard InChI is InChI=1S/C14H22N2O/c1-4-11-6-7-12(9-13(11)15)16-14(17)8-5-10(2)3/h6-7,9-10H,4-5,8,15H2,1-3H3,(H,16,17). The molecule has 3 N–H and O–H groups in total. The first-order valence-electron chi connectivity index (χ1n) is 6.21. The number of benzene rings is 1. The zero-order valence-corrected chi connectivity index (χ0v) is 10.9. The topological polar surface area (TPSA) is 55.1 Å². The Morgan fingerprint density at radius 3 is 2.65 bits per heavy atom. The molecular weight excluding hydrogens is 212 g/mol. The van der Waals surface area contributed by atoms with Crippen LogP contribution in [0.15, 0.2) is 18.2 Å². The number of nitrogens with one attached hydrogen (secondary N) is 1. The molecule has 0 aromatic heterocycles. The average molecular weight is 234 g/mol. The lowest BCUT2D eigenvalue weighted by molar-refractivity contribution is -0.116. The lowest BCUT2D eigenvalue weighted by Crippen LogP contribution is -2.12. The van der Waals surface area contributed by atoms with Gasteiger partial charge < -0.3 is 11.1 Å². The first-order chi connectivity index (χ1) is 8.02. The monoisotopic (exact) mass is 234 g/mol. The lowest BCUT2D eigenvalue weighted by Gasteiger charge is -2.09. The van der Waals surface area contributed by atoms with Gasteiger partial charge in [0.1, 0.15) is 0 Å². The highest BCUT2D eigenvalue weighted by Crippen LogP contribution is 2.18. The van der Waals surface area contributed by atoms with Gasteiger partial charge in [0.15, 0.2) is 0 Å². The number of nitrogen functional groups attached to an aromatic ring is 1. The molecule has 3 nitrogen and oxygen atoms in total. The smallest absolute Gasteiger partial charge is 0.224 e. The van der Waals surface area contributed by atoms with Crippen LogP contribution in [0.25, 0.3) is 0 Å². The zero-order valence-electron chi connectivity index (χ0n) is 10.9. The van der Waals surface area contributed by atoms with Gasteiger partial charge in [0, 0.05) is 17.8 Å². The lowest BCUT2D eigenvalue weighted by atomic mass is 10.1. The first-order valence-corrected chi connectivity index (χ1v) is 6.21. The Labute approximate surface area is 103 Å². The molecule has 1 amide bonds. The van der Waals surface area contributed by atoms with Gasteiger partial charge >= 0.3 is 0 Å². The molecule has 3 heteroatoms. The van der Waals surface area contributed by atoms with Crippen LogP contribution >= 0.6 is 0 Å². The summed E-state index contributed by atoms with van der Waals surface area (Å²) < 4.78 is 0. The summed E-state index contributed by atoms with van der Waals surface area (Å²) in [6, 6.07) is 5.70. The molecule has 1 aromatic rings. The van der Waals surface area contributed by atoms with Crippen LogP contribution in [-0.2, 0) is 11.2 Å². The Bertz CT molecular complexity index is 386. The van der Waals surface area contributed by atoms with Crippen molar-refractivity contribution in [1.29, 1.82) is 0 Å². The minimum atomic E-state index is 0.0577. The Morgan fingerprint density at radius 2 is 2.12 bits per heavy atom. The second-order valence-corrected chi connectivity index (χ2v) is 4.75. The molecule has 94 valence electrons.